The molecule has 3 N–H and O–H groups in total. The maximum atomic E-state index is 5.73. The van der Waals surface area contributed by atoms with Gasteiger partial charge in [0, 0.05) is 12.5 Å². The van der Waals surface area contributed by atoms with E-state index in [2.05, 4.69) is 15.4 Å². The molecule has 0 saturated carbocycles. The maximum Gasteiger partial charge on any atom is 0.221 e. The monoisotopic (exact) mass is 238 g/mol. The van der Waals surface area contributed by atoms with Gasteiger partial charge in [0.25, 0.3) is 0 Å². The summed E-state index contributed by atoms with van der Waals surface area (Å²) >= 11 is 0. The van der Waals surface area contributed by atoms with Gasteiger partial charge in [-0.15, -0.1) is 0 Å². The summed E-state index contributed by atoms with van der Waals surface area (Å²) < 4.78 is 11.0. The van der Waals surface area contributed by atoms with Crippen molar-refractivity contribution in [1.82, 2.24) is 9.97 Å². The van der Waals surface area contributed by atoms with Crippen molar-refractivity contribution in [3.05, 3.63) is 11.9 Å². The summed E-state index contributed by atoms with van der Waals surface area (Å²) in [4.78, 5) is 8.21. The van der Waals surface area contributed by atoms with Crippen LogP contribution in [0.3, 0.4) is 0 Å². The highest BCUT2D eigenvalue weighted by atomic mass is 16.5. The van der Waals surface area contributed by atoms with E-state index in [0.29, 0.717) is 24.2 Å². The van der Waals surface area contributed by atoms with Crippen molar-refractivity contribution >= 4 is 5.82 Å². The van der Waals surface area contributed by atoms with Crippen molar-refractivity contribution in [3.8, 4) is 5.88 Å². The van der Waals surface area contributed by atoms with Gasteiger partial charge in [0.2, 0.25) is 5.88 Å². The summed E-state index contributed by atoms with van der Waals surface area (Å²) in [5.74, 6) is 7.10. The van der Waals surface area contributed by atoms with E-state index >= 15 is 0 Å². The summed E-state index contributed by atoms with van der Waals surface area (Å²) in [6.45, 7) is 4.25. The molecule has 6 heteroatoms. The molecule has 94 valence electrons. The molecule has 0 spiro atoms. The van der Waals surface area contributed by atoms with Gasteiger partial charge < -0.3 is 14.9 Å². The first kappa shape index (κ1) is 12.1. The number of nitrogen functional groups attached to an aromatic ring is 1. The Balaban J connectivity index is 2.03. The highest BCUT2D eigenvalue weighted by Crippen LogP contribution is 2.23. The minimum Gasteiger partial charge on any atom is -0.477 e. The van der Waals surface area contributed by atoms with Crippen LogP contribution in [-0.4, -0.2) is 29.8 Å². The minimum absolute atomic E-state index is 0.462. The van der Waals surface area contributed by atoms with Crippen LogP contribution in [0.15, 0.2) is 6.33 Å². The second-order valence-electron chi connectivity index (χ2n) is 4.04. The SMILES string of the molecule is CCc1c(NN)ncnc1OCC1CCOC1. The van der Waals surface area contributed by atoms with Crippen LogP contribution in [0.2, 0.25) is 0 Å². The summed E-state index contributed by atoms with van der Waals surface area (Å²) in [6.07, 6.45) is 3.28. The van der Waals surface area contributed by atoms with E-state index in [4.69, 9.17) is 15.3 Å². The molecule has 1 atom stereocenters. The first-order chi connectivity index (χ1) is 8.35. The molecule has 0 aromatic carbocycles. The number of anilines is 1. The highest BCUT2D eigenvalue weighted by molar-refractivity contribution is 5.47. The molecule has 0 amide bonds. The van der Waals surface area contributed by atoms with E-state index < -0.39 is 0 Å². The van der Waals surface area contributed by atoms with Crippen molar-refractivity contribution in [2.45, 2.75) is 19.8 Å². The zero-order chi connectivity index (χ0) is 12.1. The Kier molecular flexibility index (Phi) is 4.11. The molecule has 6 nitrogen and oxygen atoms in total. The lowest BCUT2D eigenvalue weighted by Gasteiger charge is -2.13. The number of rotatable bonds is 5. The summed E-state index contributed by atoms with van der Waals surface area (Å²) in [5.41, 5.74) is 3.47. The molecule has 17 heavy (non-hydrogen) atoms. The van der Waals surface area contributed by atoms with Gasteiger partial charge in [-0.2, -0.15) is 0 Å². The summed E-state index contributed by atoms with van der Waals surface area (Å²) in [7, 11) is 0. The van der Waals surface area contributed by atoms with Gasteiger partial charge in [0.15, 0.2) is 0 Å². The number of nitrogens with zero attached hydrogens (tertiary/aromatic N) is 2. The van der Waals surface area contributed by atoms with Crippen molar-refractivity contribution < 1.29 is 9.47 Å². The predicted molar refractivity (Wildman–Crippen MR) is 63.6 cm³/mol. The third-order valence-electron chi connectivity index (χ3n) is 2.88. The third-order valence-corrected chi connectivity index (χ3v) is 2.88. The van der Waals surface area contributed by atoms with Crippen LogP contribution < -0.4 is 16.0 Å². The van der Waals surface area contributed by atoms with Gasteiger partial charge in [0.1, 0.15) is 12.1 Å². The van der Waals surface area contributed by atoms with Gasteiger partial charge in [-0.1, -0.05) is 6.92 Å². The average Bonchev–Trinajstić information content (AvgIpc) is 2.88. The number of nitrogens with two attached hydrogens (primary N) is 1. The van der Waals surface area contributed by atoms with E-state index in [1.165, 1.54) is 6.33 Å². The zero-order valence-electron chi connectivity index (χ0n) is 9.98. The molecule has 1 fully saturated rings. The van der Waals surface area contributed by atoms with Crippen LogP contribution in [0, 0.1) is 5.92 Å². The standard InChI is InChI=1S/C11H18N4O2/c1-2-9-10(15-12)13-7-14-11(9)17-6-8-3-4-16-5-8/h7-8H,2-6,12H2,1H3,(H,13,14,15). The molecule has 1 aromatic rings. The van der Waals surface area contributed by atoms with Crippen LogP contribution in [0.1, 0.15) is 18.9 Å². The fraction of sp³-hybridized carbons (Fsp3) is 0.636. The first-order valence-electron chi connectivity index (χ1n) is 5.86. The Morgan fingerprint density at radius 2 is 2.47 bits per heavy atom. The number of hydrogen-bond donors (Lipinski definition) is 2. The van der Waals surface area contributed by atoms with E-state index in [0.717, 1.165) is 31.6 Å². The molecule has 1 aliphatic rings. The molecular weight excluding hydrogens is 220 g/mol. The normalized spacial score (nSPS) is 19.3. The van der Waals surface area contributed by atoms with Crippen molar-refractivity contribution in [3.63, 3.8) is 0 Å². The van der Waals surface area contributed by atoms with Gasteiger partial charge in [0.05, 0.1) is 18.8 Å². The molecule has 0 aliphatic carbocycles. The van der Waals surface area contributed by atoms with Gasteiger partial charge in [-0.3, -0.25) is 0 Å². The summed E-state index contributed by atoms with van der Waals surface area (Å²) in [6, 6.07) is 0. The number of ether oxygens (including phenoxy) is 2. The van der Waals surface area contributed by atoms with E-state index in [1.54, 1.807) is 0 Å². The lowest BCUT2D eigenvalue weighted by Crippen LogP contribution is -2.16. The number of aromatic nitrogens is 2. The predicted octanol–water partition coefficient (Wildman–Crippen LogP) is 0.740. The van der Waals surface area contributed by atoms with Gasteiger partial charge >= 0.3 is 0 Å². The van der Waals surface area contributed by atoms with Crippen LogP contribution in [0.4, 0.5) is 5.82 Å². The molecule has 1 aliphatic heterocycles. The van der Waals surface area contributed by atoms with Crippen molar-refractivity contribution in [1.29, 1.82) is 0 Å². The molecule has 1 unspecified atom stereocenters. The van der Waals surface area contributed by atoms with E-state index in [1.807, 2.05) is 6.92 Å². The molecule has 1 aromatic heterocycles. The highest BCUT2D eigenvalue weighted by Gasteiger charge is 2.18. The van der Waals surface area contributed by atoms with Crippen LogP contribution in [0.25, 0.3) is 0 Å². The Hall–Kier alpha value is -1.40. The topological polar surface area (TPSA) is 82.3 Å². The third kappa shape index (κ3) is 2.83. The van der Waals surface area contributed by atoms with E-state index in [9.17, 15) is 0 Å². The van der Waals surface area contributed by atoms with E-state index in [-0.39, 0.29) is 0 Å². The first-order valence-corrected chi connectivity index (χ1v) is 5.86. The molecular formula is C11H18N4O2. The number of nitrogens with one attached hydrogen (secondary N) is 1. The number of hydrogen-bond acceptors (Lipinski definition) is 6. The van der Waals surface area contributed by atoms with Gasteiger partial charge in [-0.25, -0.2) is 15.8 Å². The van der Waals surface area contributed by atoms with Crippen LogP contribution in [-0.2, 0) is 11.2 Å². The van der Waals surface area contributed by atoms with Crippen LogP contribution in [0.5, 0.6) is 5.88 Å². The van der Waals surface area contributed by atoms with Crippen LogP contribution >= 0.6 is 0 Å². The molecule has 0 bridgehead atoms. The fourth-order valence-corrected chi connectivity index (χ4v) is 1.88. The zero-order valence-corrected chi connectivity index (χ0v) is 9.98. The number of hydrazine groups is 1. The molecule has 2 rings (SSSR count). The maximum absolute atomic E-state index is 5.73. The Morgan fingerprint density at radius 3 is 3.12 bits per heavy atom. The molecule has 1 saturated heterocycles. The molecule has 2 heterocycles. The average molecular weight is 238 g/mol. The quantitative estimate of drug-likeness (QED) is 0.581. The molecule has 0 radical (unpaired) electrons. The summed E-state index contributed by atoms with van der Waals surface area (Å²) in [5, 5.41) is 0. The fourth-order valence-electron chi connectivity index (χ4n) is 1.88. The second kappa shape index (κ2) is 5.79. The minimum atomic E-state index is 0.462. The Morgan fingerprint density at radius 1 is 1.59 bits per heavy atom. The second-order valence-corrected chi connectivity index (χ2v) is 4.04. The van der Waals surface area contributed by atoms with Gasteiger partial charge in [-0.05, 0) is 12.8 Å². The van der Waals surface area contributed by atoms with Crippen molar-refractivity contribution in [2.24, 2.45) is 11.8 Å². The lowest BCUT2D eigenvalue weighted by atomic mass is 10.1. The Bertz CT molecular complexity index is 366. The Labute approximate surface area is 101 Å². The largest absolute Gasteiger partial charge is 0.477 e. The smallest absolute Gasteiger partial charge is 0.221 e. The van der Waals surface area contributed by atoms with Crippen molar-refractivity contribution in [2.75, 3.05) is 25.2 Å². The lowest BCUT2D eigenvalue weighted by molar-refractivity contribution is 0.165.